The molecular weight excluding hydrogens is 356 g/mol. The van der Waals surface area contributed by atoms with E-state index in [1.165, 1.54) is 19.3 Å². The molecule has 1 unspecified atom stereocenters. The number of nitrogens with zero attached hydrogens (tertiary/aromatic N) is 1. The van der Waals surface area contributed by atoms with E-state index >= 15 is 0 Å². The Hall–Kier alpha value is -2.08. The molecule has 1 saturated carbocycles. The van der Waals surface area contributed by atoms with Gasteiger partial charge in [-0.3, -0.25) is 9.59 Å². The third-order valence-electron chi connectivity index (χ3n) is 5.80. The molecule has 1 aliphatic heterocycles. The predicted octanol–water partition coefficient (Wildman–Crippen LogP) is 3.44. The van der Waals surface area contributed by atoms with Gasteiger partial charge in [0.15, 0.2) is 0 Å². The average molecular weight is 389 g/mol. The van der Waals surface area contributed by atoms with Crippen molar-refractivity contribution in [2.45, 2.75) is 70.3 Å². The van der Waals surface area contributed by atoms with Gasteiger partial charge in [-0.25, -0.2) is 0 Å². The van der Waals surface area contributed by atoms with Gasteiger partial charge in [-0.1, -0.05) is 26.2 Å². The summed E-state index contributed by atoms with van der Waals surface area (Å²) >= 11 is 0. The van der Waals surface area contributed by atoms with Crippen LogP contribution in [0.1, 0.15) is 69.8 Å². The summed E-state index contributed by atoms with van der Waals surface area (Å²) in [6.07, 6.45) is 7.25. The number of benzene rings is 1. The van der Waals surface area contributed by atoms with Crippen LogP contribution in [0.4, 0.5) is 5.69 Å². The van der Waals surface area contributed by atoms with E-state index in [9.17, 15) is 14.7 Å². The van der Waals surface area contributed by atoms with Crippen molar-refractivity contribution in [2.75, 3.05) is 25.1 Å². The van der Waals surface area contributed by atoms with Crippen LogP contribution in [0.2, 0.25) is 0 Å². The largest absolute Gasteiger partial charge is 0.494 e. The number of nitrogens with one attached hydrogen (secondary N) is 1. The number of fused-ring (bicyclic) bond motifs is 1. The molecule has 3 rings (SSSR count). The Morgan fingerprint density at radius 2 is 2.07 bits per heavy atom. The van der Waals surface area contributed by atoms with E-state index in [-0.39, 0.29) is 30.4 Å². The molecule has 2 aliphatic rings. The van der Waals surface area contributed by atoms with Gasteiger partial charge in [-0.05, 0) is 48.9 Å². The first-order valence-corrected chi connectivity index (χ1v) is 10.6. The van der Waals surface area contributed by atoms with Crippen molar-refractivity contribution >= 4 is 17.5 Å². The number of aliphatic hydroxyl groups is 1. The lowest BCUT2D eigenvalue weighted by molar-refractivity contribution is -0.135. The van der Waals surface area contributed by atoms with Crippen LogP contribution in [0.15, 0.2) is 18.2 Å². The zero-order valence-electron chi connectivity index (χ0n) is 16.8. The van der Waals surface area contributed by atoms with Crippen LogP contribution in [-0.4, -0.2) is 47.6 Å². The number of anilines is 1. The molecule has 6 nitrogen and oxygen atoms in total. The highest BCUT2D eigenvalue weighted by atomic mass is 16.5. The van der Waals surface area contributed by atoms with Crippen molar-refractivity contribution in [1.29, 1.82) is 0 Å². The summed E-state index contributed by atoms with van der Waals surface area (Å²) in [7, 11) is 0. The SMILES string of the molecule is CC1CC(=O)Nc2ccc(OCCCC(=O)N(CCO)C3CCCCC3)cc21. The summed E-state index contributed by atoms with van der Waals surface area (Å²) in [5.74, 6) is 1.12. The van der Waals surface area contributed by atoms with Crippen LogP contribution in [0.5, 0.6) is 5.75 Å². The fourth-order valence-corrected chi connectivity index (χ4v) is 4.31. The molecule has 1 heterocycles. The first-order chi connectivity index (χ1) is 13.6. The molecule has 1 aromatic rings. The highest BCUT2D eigenvalue weighted by molar-refractivity contribution is 5.94. The molecule has 1 fully saturated rings. The second-order valence-corrected chi connectivity index (χ2v) is 7.96. The smallest absolute Gasteiger partial charge is 0.224 e. The maximum absolute atomic E-state index is 12.6. The van der Waals surface area contributed by atoms with E-state index in [0.717, 1.165) is 29.8 Å². The van der Waals surface area contributed by atoms with Crippen molar-refractivity contribution in [3.05, 3.63) is 23.8 Å². The molecule has 28 heavy (non-hydrogen) atoms. The van der Waals surface area contributed by atoms with E-state index in [1.54, 1.807) is 0 Å². The number of hydrogen-bond donors (Lipinski definition) is 2. The van der Waals surface area contributed by atoms with Crippen molar-refractivity contribution in [3.63, 3.8) is 0 Å². The predicted molar refractivity (Wildman–Crippen MR) is 109 cm³/mol. The molecule has 0 bridgehead atoms. The minimum absolute atomic E-state index is 0.0165. The summed E-state index contributed by atoms with van der Waals surface area (Å²) in [6.45, 7) is 2.96. The number of amides is 2. The number of aliphatic hydroxyl groups excluding tert-OH is 1. The minimum Gasteiger partial charge on any atom is -0.494 e. The molecule has 0 saturated heterocycles. The fourth-order valence-electron chi connectivity index (χ4n) is 4.31. The normalized spacial score (nSPS) is 19.6. The van der Waals surface area contributed by atoms with Crippen LogP contribution < -0.4 is 10.1 Å². The molecule has 1 atom stereocenters. The molecule has 154 valence electrons. The molecule has 2 amide bonds. The van der Waals surface area contributed by atoms with Gasteiger partial charge in [0.25, 0.3) is 0 Å². The lowest BCUT2D eigenvalue weighted by Gasteiger charge is -2.34. The Balaban J connectivity index is 1.47. The third kappa shape index (κ3) is 5.25. The number of rotatable bonds is 8. The van der Waals surface area contributed by atoms with E-state index in [2.05, 4.69) is 5.32 Å². The molecule has 6 heteroatoms. The van der Waals surface area contributed by atoms with Crippen LogP contribution in [0, 0.1) is 0 Å². The van der Waals surface area contributed by atoms with Crippen LogP contribution >= 0.6 is 0 Å². The van der Waals surface area contributed by atoms with Gasteiger partial charge in [0.2, 0.25) is 11.8 Å². The molecule has 1 aliphatic carbocycles. The summed E-state index contributed by atoms with van der Waals surface area (Å²) < 4.78 is 5.85. The molecule has 0 aromatic heterocycles. The van der Waals surface area contributed by atoms with Gasteiger partial charge in [-0.2, -0.15) is 0 Å². The lowest BCUT2D eigenvalue weighted by atomic mass is 9.92. The molecule has 0 radical (unpaired) electrons. The first kappa shape index (κ1) is 20.6. The van der Waals surface area contributed by atoms with Crippen molar-refractivity contribution in [3.8, 4) is 5.75 Å². The first-order valence-electron chi connectivity index (χ1n) is 10.6. The third-order valence-corrected chi connectivity index (χ3v) is 5.80. The molecule has 0 spiro atoms. The standard InChI is InChI=1S/C22H32N2O4/c1-16-14-21(26)23-20-10-9-18(15-19(16)20)28-13-5-8-22(27)24(11-12-25)17-6-3-2-4-7-17/h9-10,15-17,25H,2-8,11-14H2,1H3,(H,23,26). The van der Waals surface area contributed by atoms with Gasteiger partial charge >= 0.3 is 0 Å². The summed E-state index contributed by atoms with van der Waals surface area (Å²) in [6, 6.07) is 6.02. The van der Waals surface area contributed by atoms with Crippen molar-refractivity contribution in [2.24, 2.45) is 0 Å². The molecular formula is C22H32N2O4. The summed E-state index contributed by atoms with van der Waals surface area (Å²) in [5.41, 5.74) is 1.96. The second kappa shape index (κ2) is 9.92. The minimum atomic E-state index is 0.0165. The van der Waals surface area contributed by atoms with Gasteiger partial charge in [0, 0.05) is 31.1 Å². The topological polar surface area (TPSA) is 78.9 Å². The second-order valence-electron chi connectivity index (χ2n) is 7.96. The maximum Gasteiger partial charge on any atom is 0.224 e. The quantitative estimate of drug-likeness (QED) is 0.669. The van der Waals surface area contributed by atoms with Gasteiger partial charge in [0.1, 0.15) is 5.75 Å². The zero-order valence-corrected chi connectivity index (χ0v) is 16.8. The number of ether oxygens (including phenoxy) is 1. The highest BCUT2D eigenvalue weighted by Gasteiger charge is 2.25. The fraction of sp³-hybridized carbons (Fsp3) is 0.636. The maximum atomic E-state index is 12.6. The van der Waals surface area contributed by atoms with E-state index in [1.807, 2.05) is 30.0 Å². The lowest BCUT2D eigenvalue weighted by Crippen LogP contribution is -2.43. The van der Waals surface area contributed by atoms with Gasteiger partial charge in [-0.15, -0.1) is 0 Å². The Morgan fingerprint density at radius 3 is 2.82 bits per heavy atom. The number of carbonyl (C=O) groups is 2. The van der Waals surface area contributed by atoms with Gasteiger partial charge < -0.3 is 20.1 Å². The monoisotopic (exact) mass is 388 g/mol. The summed E-state index contributed by atoms with van der Waals surface area (Å²) in [5, 5.41) is 12.2. The zero-order chi connectivity index (χ0) is 19.9. The van der Waals surface area contributed by atoms with Crippen molar-refractivity contribution < 1.29 is 19.4 Å². The molecule has 1 aromatic carbocycles. The Kier molecular flexibility index (Phi) is 7.31. The van der Waals surface area contributed by atoms with E-state index in [0.29, 0.717) is 32.4 Å². The summed E-state index contributed by atoms with van der Waals surface area (Å²) in [4.78, 5) is 26.1. The van der Waals surface area contributed by atoms with E-state index in [4.69, 9.17) is 4.74 Å². The number of carbonyl (C=O) groups excluding carboxylic acids is 2. The molecule has 2 N–H and O–H groups in total. The van der Waals surface area contributed by atoms with E-state index < -0.39 is 0 Å². The van der Waals surface area contributed by atoms with Crippen LogP contribution in [-0.2, 0) is 9.59 Å². The van der Waals surface area contributed by atoms with Crippen LogP contribution in [0.3, 0.4) is 0 Å². The Bertz CT molecular complexity index is 685. The van der Waals surface area contributed by atoms with Crippen molar-refractivity contribution in [1.82, 2.24) is 4.90 Å². The average Bonchev–Trinajstić information content (AvgIpc) is 2.70. The Labute approximate surface area is 167 Å². The van der Waals surface area contributed by atoms with Crippen LogP contribution in [0.25, 0.3) is 0 Å². The Morgan fingerprint density at radius 1 is 1.29 bits per heavy atom. The van der Waals surface area contributed by atoms with Gasteiger partial charge in [0.05, 0.1) is 13.2 Å². The number of hydrogen-bond acceptors (Lipinski definition) is 4. The highest BCUT2D eigenvalue weighted by Crippen LogP contribution is 2.34.